The average molecular weight is 229 g/mol. The molecule has 0 saturated carbocycles. The van der Waals surface area contributed by atoms with Crippen LogP contribution in [-0.2, 0) is 0 Å². The molecule has 15 heavy (non-hydrogen) atoms. The lowest BCUT2D eigenvalue weighted by molar-refractivity contribution is 0.112. The summed E-state index contributed by atoms with van der Waals surface area (Å²) in [6.45, 7) is 3.79. The SMILES string of the molecule is [CH2]C(c1c(F)ccc(C=O)c1Cl)N(C)C. The first kappa shape index (κ1) is 12.1. The maximum absolute atomic E-state index is 13.5. The number of nitrogens with zero attached hydrogens (tertiary/aromatic N) is 1. The van der Waals surface area contributed by atoms with E-state index >= 15 is 0 Å². The van der Waals surface area contributed by atoms with Gasteiger partial charge in [-0.2, -0.15) is 0 Å². The van der Waals surface area contributed by atoms with Crippen molar-refractivity contribution in [3.8, 4) is 0 Å². The summed E-state index contributed by atoms with van der Waals surface area (Å²) in [6.07, 6.45) is 0.605. The first-order valence-corrected chi connectivity index (χ1v) is 4.79. The van der Waals surface area contributed by atoms with E-state index in [4.69, 9.17) is 11.6 Å². The van der Waals surface area contributed by atoms with Crippen LogP contribution in [0.5, 0.6) is 0 Å². The van der Waals surface area contributed by atoms with Crippen molar-refractivity contribution < 1.29 is 9.18 Å². The molecule has 0 aromatic heterocycles. The molecule has 1 rings (SSSR count). The Morgan fingerprint density at radius 2 is 2.13 bits per heavy atom. The van der Waals surface area contributed by atoms with Crippen LogP contribution < -0.4 is 0 Å². The topological polar surface area (TPSA) is 20.3 Å². The second kappa shape index (κ2) is 4.73. The lowest BCUT2D eigenvalue weighted by Crippen LogP contribution is -2.19. The van der Waals surface area contributed by atoms with Gasteiger partial charge in [-0.05, 0) is 33.2 Å². The third-order valence-electron chi connectivity index (χ3n) is 2.24. The number of carbonyl (C=O) groups is 1. The molecular formula is C11H12ClFNO. The zero-order valence-corrected chi connectivity index (χ0v) is 9.38. The Kier molecular flexibility index (Phi) is 3.83. The van der Waals surface area contributed by atoms with Crippen molar-refractivity contribution in [2.24, 2.45) is 0 Å². The molecule has 1 atom stereocenters. The summed E-state index contributed by atoms with van der Waals surface area (Å²) < 4.78 is 13.5. The van der Waals surface area contributed by atoms with E-state index in [0.29, 0.717) is 6.29 Å². The fraction of sp³-hybridized carbons (Fsp3) is 0.273. The molecular weight excluding hydrogens is 217 g/mol. The van der Waals surface area contributed by atoms with Gasteiger partial charge in [0.15, 0.2) is 6.29 Å². The van der Waals surface area contributed by atoms with E-state index in [0.717, 1.165) is 0 Å². The number of benzene rings is 1. The molecule has 0 heterocycles. The van der Waals surface area contributed by atoms with Crippen molar-refractivity contribution in [1.29, 1.82) is 0 Å². The van der Waals surface area contributed by atoms with E-state index in [2.05, 4.69) is 6.92 Å². The minimum absolute atomic E-state index is 0.138. The molecule has 0 bridgehead atoms. The number of rotatable bonds is 3. The highest BCUT2D eigenvalue weighted by atomic mass is 35.5. The fourth-order valence-corrected chi connectivity index (χ4v) is 1.56. The predicted octanol–water partition coefficient (Wildman–Crippen LogP) is 2.73. The zero-order valence-electron chi connectivity index (χ0n) is 8.63. The molecule has 0 spiro atoms. The van der Waals surface area contributed by atoms with Gasteiger partial charge in [0.05, 0.1) is 5.02 Å². The standard InChI is InChI=1S/C11H12ClFNO/c1-7(14(2)3)10-9(13)5-4-8(6-15)11(10)12/h4-7H,1H2,2-3H3. The van der Waals surface area contributed by atoms with Crippen molar-refractivity contribution in [2.75, 3.05) is 14.1 Å². The Morgan fingerprint density at radius 3 is 2.60 bits per heavy atom. The van der Waals surface area contributed by atoms with Crippen LogP contribution in [0.3, 0.4) is 0 Å². The second-order valence-electron chi connectivity index (χ2n) is 3.46. The number of carbonyl (C=O) groups excluding carboxylic acids is 1. The second-order valence-corrected chi connectivity index (χ2v) is 3.84. The molecule has 0 saturated heterocycles. The highest BCUT2D eigenvalue weighted by molar-refractivity contribution is 6.33. The van der Waals surface area contributed by atoms with Crippen LogP contribution in [0.25, 0.3) is 0 Å². The minimum atomic E-state index is -0.445. The molecule has 1 radical (unpaired) electrons. The van der Waals surface area contributed by atoms with Gasteiger partial charge in [0.25, 0.3) is 0 Å². The number of aldehydes is 1. The summed E-state index contributed by atoms with van der Waals surface area (Å²) in [6, 6.07) is 2.17. The van der Waals surface area contributed by atoms with E-state index < -0.39 is 11.9 Å². The summed E-state index contributed by atoms with van der Waals surface area (Å²) >= 11 is 5.92. The molecule has 0 N–H and O–H groups in total. The normalized spacial score (nSPS) is 12.9. The molecule has 0 amide bonds. The van der Waals surface area contributed by atoms with Gasteiger partial charge < -0.3 is 4.90 Å². The van der Waals surface area contributed by atoms with Crippen molar-refractivity contribution >= 4 is 17.9 Å². The quantitative estimate of drug-likeness (QED) is 0.742. The Morgan fingerprint density at radius 1 is 1.53 bits per heavy atom. The fourth-order valence-electron chi connectivity index (χ4n) is 1.24. The van der Waals surface area contributed by atoms with Gasteiger partial charge in [0.1, 0.15) is 5.82 Å². The molecule has 0 aliphatic carbocycles. The third-order valence-corrected chi connectivity index (χ3v) is 2.66. The van der Waals surface area contributed by atoms with E-state index in [9.17, 15) is 9.18 Å². The molecule has 1 aromatic rings. The molecule has 1 unspecified atom stereocenters. The largest absolute Gasteiger partial charge is 0.302 e. The number of hydrogen-bond donors (Lipinski definition) is 0. The molecule has 81 valence electrons. The van der Waals surface area contributed by atoms with Crippen LogP contribution in [0.1, 0.15) is 22.0 Å². The maximum atomic E-state index is 13.5. The Labute approximate surface area is 93.6 Å². The molecule has 1 aromatic carbocycles. The smallest absolute Gasteiger partial charge is 0.151 e. The van der Waals surface area contributed by atoms with Gasteiger partial charge in [-0.25, -0.2) is 4.39 Å². The Bertz CT molecular complexity index is 379. The number of hydrogen-bond acceptors (Lipinski definition) is 2. The van der Waals surface area contributed by atoms with Gasteiger partial charge in [-0.15, -0.1) is 0 Å². The van der Waals surface area contributed by atoms with Crippen LogP contribution in [0.15, 0.2) is 12.1 Å². The highest BCUT2D eigenvalue weighted by Gasteiger charge is 2.18. The van der Waals surface area contributed by atoms with Gasteiger partial charge in [-0.1, -0.05) is 11.6 Å². The first-order valence-electron chi connectivity index (χ1n) is 4.41. The Hall–Kier alpha value is -0.930. The summed E-state index contributed by atoms with van der Waals surface area (Å²) in [5.74, 6) is -0.445. The monoisotopic (exact) mass is 228 g/mol. The highest BCUT2D eigenvalue weighted by Crippen LogP contribution is 2.30. The van der Waals surface area contributed by atoms with Gasteiger partial charge in [0.2, 0.25) is 0 Å². The van der Waals surface area contributed by atoms with Gasteiger partial charge >= 0.3 is 0 Å². The molecule has 2 nitrogen and oxygen atoms in total. The lowest BCUT2D eigenvalue weighted by atomic mass is 10.0. The van der Waals surface area contributed by atoms with E-state index in [1.807, 2.05) is 0 Å². The molecule has 4 heteroatoms. The summed E-state index contributed by atoms with van der Waals surface area (Å²) in [5.41, 5.74) is 0.537. The Balaban J connectivity index is 3.32. The van der Waals surface area contributed by atoms with Crippen molar-refractivity contribution in [1.82, 2.24) is 4.90 Å². The maximum Gasteiger partial charge on any atom is 0.151 e. The predicted molar refractivity (Wildman–Crippen MR) is 58.6 cm³/mol. The lowest BCUT2D eigenvalue weighted by Gasteiger charge is -2.22. The number of halogens is 2. The summed E-state index contributed by atoms with van der Waals surface area (Å²) in [5, 5.41) is 0.138. The first-order chi connectivity index (χ1) is 6.99. The van der Waals surface area contributed by atoms with Crippen LogP contribution in [-0.4, -0.2) is 25.3 Å². The molecule has 0 fully saturated rings. The van der Waals surface area contributed by atoms with Crippen molar-refractivity contribution in [3.05, 3.63) is 41.0 Å². The van der Waals surface area contributed by atoms with Crippen LogP contribution in [0.4, 0.5) is 4.39 Å². The van der Waals surface area contributed by atoms with Crippen molar-refractivity contribution in [2.45, 2.75) is 6.04 Å². The molecule has 0 aliphatic rings. The van der Waals surface area contributed by atoms with Gasteiger partial charge in [0, 0.05) is 17.2 Å². The zero-order chi connectivity index (χ0) is 11.6. The van der Waals surface area contributed by atoms with E-state index in [-0.39, 0.29) is 16.1 Å². The van der Waals surface area contributed by atoms with Crippen LogP contribution in [0.2, 0.25) is 5.02 Å². The third kappa shape index (κ3) is 2.36. The average Bonchev–Trinajstić information content (AvgIpc) is 2.17. The van der Waals surface area contributed by atoms with Crippen LogP contribution in [0, 0.1) is 12.7 Å². The minimum Gasteiger partial charge on any atom is -0.302 e. The van der Waals surface area contributed by atoms with Crippen molar-refractivity contribution in [3.63, 3.8) is 0 Å². The van der Waals surface area contributed by atoms with Crippen LogP contribution >= 0.6 is 11.6 Å². The van der Waals surface area contributed by atoms with E-state index in [1.165, 1.54) is 12.1 Å². The summed E-state index contributed by atoms with van der Waals surface area (Å²) in [4.78, 5) is 12.4. The summed E-state index contributed by atoms with van der Waals surface area (Å²) in [7, 11) is 3.53. The van der Waals surface area contributed by atoms with E-state index in [1.54, 1.807) is 19.0 Å². The van der Waals surface area contributed by atoms with Gasteiger partial charge in [-0.3, -0.25) is 4.79 Å². The molecule has 0 aliphatic heterocycles.